The summed E-state index contributed by atoms with van der Waals surface area (Å²) in [6.45, 7) is 0. The zero-order valence-electron chi connectivity index (χ0n) is 14.3. The minimum absolute atomic E-state index is 0.00871. The molecule has 5 nitrogen and oxygen atoms in total. The van der Waals surface area contributed by atoms with Gasteiger partial charge in [-0.3, -0.25) is 4.55 Å². The van der Waals surface area contributed by atoms with Gasteiger partial charge in [-0.15, -0.1) is 0 Å². The topological polar surface area (TPSA) is 94.8 Å². The summed E-state index contributed by atoms with van der Waals surface area (Å²) >= 11 is 24.3. The third-order valence-corrected chi connectivity index (χ3v) is 7.48. The molecule has 0 aromatic heterocycles. The number of hydrogen-bond acceptors (Lipinski definition) is 4. The molecule has 3 aromatic rings. The van der Waals surface area contributed by atoms with Crippen LogP contribution >= 0.6 is 46.4 Å². The molecule has 3 rings (SSSR count). The van der Waals surface area contributed by atoms with Crippen LogP contribution < -0.4 is 0 Å². The van der Waals surface area contributed by atoms with Gasteiger partial charge in [0.15, 0.2) is 4.75 Å². The predicted octanol–water partition coefficient (Wildman–Crippen LogP) is 5.89. The molecular formula is C19H12Cl4O5S. The van der Waals surface area contributed by atoms with E-state index in [1.165, 1.54) is 48.5 Å². The van der Waals surface area contributed by atoms with E-state index in [2.05, 4.69) is 0 Å². The van der Waals surface area contributed by atoms with Crippen molar-refractivity contribution in [3.8, 4) is 11.5 Å². The molecule has 0 aliphatic carbocycles. The molecular weight excluding hydrogens is 482 g/mol. The normalized spacial score (nSPS) is 13.8. The fraction of sp³-hybridized carbons (Fsp3) is 0.0526. The van der Waals surface area contributed by atoms with Gasteiger partial charge in [0.1, 0.15) is 16.5 Å². The quantitative estimate of drug-likeness (QED) is 0.239. The predicted molar refractivity (Wildman–Crippen MR) is 114 cm³/mol. The molecule has 0 bridgehead atoms. The monoisotopic (exact) mass is 492 g/mol. The second-order valence-electron chi connectivity index (χ2n) is 6.07. The summed E-state index contributed by atoms with van der Waals surface area (Å²) < 4.78 is 33.9. The molecule has 0 aliphatic rings. The number of halogens is 4. The van der Waals surface area contributed by atoms with Gasteiger partial charge in [0.05, 0.1) is 10.0 Å². The number of phenols is 2. The van der Waals surface area contributed by atoms with Gasteiger partial charge < -0.3 is 10.2 Å². The van der Waals surface area contributed by atoms with E-state index in [1.807, 2.05) is 0 Å². The fourth-order valence-corrected chi connectivity index (χ4v) is 5.38. The van der Waals surface area contributed by atoms with E-state index in [4.69, 9.17) is 46.4 Å². The van der Waals surface area contributed by atoms with E-state index in [9.17, 15) is 23.2 Å². The summed E-state index contributed by atoms with van der Waals surface area (Å²) in [5, 5.41) is 20.1. The first-order valence-electron chi connectivity index (χ1n) is 7.90. The molecule has 29 heavy (non-hydrogen) atoms. The molecule has 0 radical (unpaired) electrons. The van der Waals surface area contributed by atoms with Crippen LogP contribution in [-0.2, 0) is 14.9 Å². The fourth-order valence-electron chi connectivity index (χ4n) is 3.19. The average Bonchev–Trinajstić information content (AvgIpc) is 2.66. The Morgan fingerprint density at radius 2 is 1.31 bits per heavy atom. The maximum atomic E-state index is 12.9. The van der Waals surface area contributed by atoms with Crippen molar-refractivity contribution in [3.05, 3.63) is 91.4 Å². The van der Waals surface area contributed by atoms with E-state index >= 15 is 0 Å². The molecule has 0 aliphatic heterocycles. The first kappa shape index (κ1) is 22.0. The third-order valence-electron chi connectivity index (χ3n) is 4.43. The van der Waals surface area contributed by atoms with Crippen molar-refractivity contribution < 1.29 is 23.2 Å². The van der Waals surface area contributed by atoms with E-state index in [-0.39, 0.29) is 31.8 Å². The van der Waals surface area contributed by atoms with Gasteiger partial charge in [-0.1, -0.05) is 76.7 Å². The molecule has 0 fully saturated rings. The van der Waals surface area contributed by atoms with Gasteiger partial charge in [0.2, 0.25) is 0 Å². The van der Waals surface area contributed by atoms with Gasteiger partial charge in [0, 0.05) is 16.1 Å². The maximum Gasteiger partial charge on any atom is 0.283 e. The van der Waals surface area contributed by atoms with Crippen LogP contribution in [-0.4, -0.2) is 23.2 Å². The molecule has 1 unspecified atom stereocenters. The van der Waals surface area contributed by atoms with E-state index in [1.54, 1.807) is 0 Å². The lowest BCUT2D eigenvalue weighted by Gasteiger charge is -2.34. The SMILES string of the molecule is O=S(=O)(O)C(c1ccc(Cl)cc1)(c1ccccc1O)c1cc(O)c(Cl)c(Cl)c1Cl. The molecule has 0 spiro atoms. The Bertz CT molecular complexity index is 1200. The average molecular weight is 494 g/mol. The van der Waals surface area contributed by atoms with E-state index in [0.717, 1.165) is 6.07 Å². The summed E-state index contributed by atoms with van der Waals surface area (Å²) in [7, 11) is -5.09. The molecule has 152 valence electrons. The van der Waals surface area contributed by atoms with E-state index < -0.39 is 26.4 Å². The smallest absolute Gasteiger partial charge is 0.283 e. The minimum atomic E-state index is -5.09. The lowest BCUT2D eigenvalue weighted by Crippen LogP contribution is -2.38. The van der Waals surface area contributed by atoms with Crippen molar-refractivity contribution in [3.63, 3.8) is 0 Å². The number of hydrogen-bond donors (Lipinski definition) is 3. The standard InChI is InChI=1S/C19H12Cl4O5S/c20-11-7-5-10(6-8-11)19(29(26,27)28,12-3-1-2-4-14(12)24)13-9-15(25)17(22)18(23)16(13)21/h1-9,24-25H,(H,26,27,28). The summed E-state index contributed by atoms with van der Waals surface area (Å²) in [6.07, 6.45) is 0. The number of benzene rings is 3. The van der Waals surface area contributed by atoms with Crippen LogP contribution in [0.15, 0.2) is 54.6 Å². The summed E-state index contributed by atoms with van der Waals surface area (Å²) in [6, 6.07) is 12.0. The van der Waals surface area contributed by atoms with Crippen LogP contribution in [0.4, 0.5) is 0 Å². The Hall–Kier alpha value is -1.67. The van der Waals surface area contributed by atoms with E-state index in [0.29, 0.717) is 5.02 Å². The highest BCUT2D eigenvalue weighted by molar-refractivity contribution is 7.87. The molecule has 0 heterocycles. The Labute approximate surface area is 186 Å². The van der Waals surface area contributed by atoms with Gasteiger partial charge in [-0.2, -0.15) is 8.42 Å². The Kier molecular flexibility index (Phi) is 5.98. The van der Waals surface area contributed by atoms with Crippen molar-refractivity contribution in [1.29, 1.82) is 0 Å². The van der Waals surface area contributed by atoms with Gasteiger partial charge in [0.25, 0.3) is 10.1 Å². The second-order valence-corrected chi connectivity index (χ2v) is 9.20. The first-order chi connectivity index (χ1) is 13.5. The van der Waals surface area contributed by atoms with Crippen molar-refractivity contribution >= 4 is 56.5 Å². The van der Waals surface area contributed by atoms with Crippen molar-refractivity contribution in [1.82, 2.24) is 0 Å². The lowest BCUT2D eigenvalue weighted by molar-refractivity contribution is 0.439. The number of aromatic hydroxyl groups is 2. The Balaban J connectivity index is 2.62. The maximum absolute atomic E-state index is 12.9. The van der Waals surface area contributed by atoms with Crippen molar-refractivity contribution in [2.24, 2.45) is 0 Å². The summed E-state index contributed by atoms with van der Waals surface area (Å²) in [5.41, 5.74) is -0.535. The Morgan fingerprint density at radius 3 is 1.86 bits per heavy atom. The van der Waals surface area contributed by atoms with Crippen molar-refractivity contribution in [2.45, 2.75) is 4.75 Å². The number of para-hydroxylation sites is 1. The second kappa shape index (κ2) is 7.87. The molecule has 3 N–H and O–H groups in total. The zero-order chi connectivity index (χ0) is 21.6. The lowest BCUT2D eigenvalue weighted by atomic mass is 9.83. The number of phenolic OH excluding ortho intramolecular Hbond substituents is 2. The van der Waals surface area contributed by atoms with Crippen LogP contribution in [0.5, 0.6) is 11.5 Å². The van der Waals surface area contributed by atoms with Gasteiger partial charge in [-0.25, -0.2) is 0 Å². The van der Waals surface area contributed by atoms with Crippen LogP contribution in [0.2, 0.25) is 20.1 Å². The minimum Gasteiger partial charge on any atom is -0.508 e. The largest absolute Gasteiger partial charge is 0.508 e. The summed E-state index contributed by atoms with van der Waals surface area (Å²) in [4.78, 5) is 0. The van der Waals surface area contributed by atoms with Crippen LogP contribution in [0.3, 0.4) is 0 Å². The molecule has 3 aromatic carbocycles. The van der Waals surface area contributed by atoms with Gasteiger partial charge in [-0.05, 0) is 29.8 Å². The number of rotatable bonds is 4. The molecule has 0 saturated carbocycles. The molecule has 10 heteroatoms. The van der Waals surface area contributed by atoms with Gasteiger partial charge >= 0.3 is 0 Å². The van der Waals surface area contributed by atoms with Crippen LogP contribution in [0, 0.1) is 0 Å². The highest BCUT2D eigenvalue weighted by Crippen LogP contribution is 2.52. The third kappa shape index (κ3) is 3.54. The summed E-state index contributed by atoms with van der Waals surface area (Å²) in [5.74, 6) is -1.00. The van der Waals surface area contributed by atoms with Crippen molar-refractivity contribution in [2.75, 3.05) is 0 Å². The highest BCUT2D eigenvalue weighted by Gasteiger charge is 2.51. The zero-order valence-corrected chi connectivity index (χ0v) is 18.1. The van der Waals surface area contributed by atoms with Crippen LogP contribution in [0.1, 0.15) is 16.7 Å². The first-order valence-corrected chi connectivity index (χ1v) is 10.9. The molecule has 1 atom stereocenters. The highest BCUT2D eigenvalue weighted by atomic mass is 35.5. The van der Waals surface area contributed by atoms with Crippen LogP contribution in [0.25, 0.3) is 0 Å². The molecule has 0 amide bonds. The Morgan fingerprint density at radius 1 is 0.724 bits per heavy atom. The molecule has 0 saturated heterocycles.